The summed E-state index contributed by atoms with van der Waals surface area (Å²) < 4.78 is 38.3. The van der Waals surface area contributed by atoms with E-state index < -0.39 is 11.7 Å². The second-order valence-corrected chi connectivity index (χ2v) is 9.15. The van der Waals surface area contributed by atoms with Crippen molar-refractivity contribution in [3.63, 3.8) is 0 Å². The molecule has 0 aromatic heterocycles. The van der Waals surface area contributed by atoms with Gasteiger partial charge in [0.25, 0.3) is 5.91 Å². The quantitative estimate of drug-likeness (QED) is 0.674. The Hall–Kier alpha value is -2.09. The molecule has 178 valence electrons. The molecule has 1 aromatic carbocycles. The molecule has 3 rings (SSSR count). The summed E-state index contributed by atoms with van der Waals surface area (Å²) in [5.74, 6) is 0.585. The molecular formula is C24H34F3N3O2. The number of carbonyl (C=O) groups is 2. The Morgan fingerprint density at radius 1 is 1.06 bits per heavy atom. The molecule has 2 atom stereocenters. The minimum atomic E-state index is -4.42. The summed E-state index contributed by atoms with van der Waals surface area (Å²) in [6, 6.07) is 4.19. The van der Waals surface area contributed by atoms with Gasteiger partial charge in [0.05, 0.1) is 11.6 Å². The van der Waals surface area contributed by atoms with Gasteiger partial charge in [0.1, 0.15) is 0 Å². The highest BCUT2D eigenvalue weighted by Crippen LogP contribution is 2.32. The molecule has 8 heteroatoms. The van der Waals surface area contributed by atoms with Gasteiger partial charge in [-0.25, -0.2) is 0 Å². The maximum absolute atomic E-state index is 13.1. The van der Waals surface area contributed by atoms with Crippen LogP contribution in [0.25, 0.3) is 0 Å². The van der Waals surface area contributed by atoms with Crippen LogP contribution in [0.1, 0.15) is 61.9 Å². The molecular weight excluding hydrogens is 419 g/mol. The van der Waals surface area contributed by atoms with Gasteiger partial charge in [-0.15, -0.1) is 0 Å². The van der Waals surface area contributed by atoms with Gasteiger partial charge in [0, 0.05) is 38.3 Å². The van der Waals surface area contributed by atoms with Gasteiger partial charge in [0.15, 0.2) is 0 Å². The molecule has 0 radical (unpaired) electrons. The summed E-state index contributed by atoms with van der Waals surface area (Å²) in [5.41, 5.74) is -0.508. The first-order valence-corrected chi connectivity index (χ1v) is 11.7. The number of nitrogens with one attached hydrogen (secondary N) is 1. The van der Waals surface area contributed by atoms with Crippen molar-refractivity contribution in [2.75, 3.05) is 32.7 Å². The summed E-state index contributed by atoms with van der Waals surface area (Å²) in [6.07, 6.45) is 0.980. The molecule has 5 nitrogen and oxygen atoms in total. The molecule has 1 saturated heterocycles. The minimum Gasteiger partial charge on any atom is -0.354 e. The lowest BCUT2D eigenvalue weighted by atomic mass is 9.94. The molecule has 1 aliphatic heterocycles. The van der Waals surface area contributed by atoms with Gasteiger partial charge >= 0.3 is 6.18 Å². The molecule has 1 saturated carbocycles. The summed E-state index contributed by atoms with van der Waals surface area (Å²) in [4.78, 5) is 29.7. The third-order valence-corrected chi connectivity index (χ3v) is 6.89. The van der Waals surface area contributed by atoms with E-state index >= 15 is 0 Å². The molecule has 1 N–H and O–H groups in total. The Bertz CT molecular complexity index is 768. The lowest BCUT2D eigenvalue weighted by Crippen LogP contribution is -2.58. The lowest BCUT2D eigenvalue weighted by molar-refractivity contribution is -0.137. The number of amides is 2. The summed E-state index contributed by atoms with van der Waals surface area (Å²) >= 11 is 0. The van der Waals surface area contributed by atoms with Crippen molar-refractivity contribution in [3.8, 4) is 0 Å². The predicted molar refractivity (Wildman–Crippen MR) is 117 cm³/mol. The highest BCUT2D eigenvalue weighted by molar-refractivity contribution is 5.94. The molecule has 0 spiro atoms. The molecule has 2 amide bonds. The summed E-state index contributed by atoms with van der Waals surface area (Å²) in [7, 11) is 0. The number of piperazine rings is 1. The van der Waals surface area contributed by atoms with E-state index in [2.05, 4.69) is 24.1 Å². The van der Waals surface area contributed by atoms with Crippen molar-refractivity contribution in [3.05, 3.63) is 35.4 Å². The topological polar surface area (TPSA) is 52.7 Å². The zero-order valence-corrected chi connectivity index (χ0v) is 19.0. The van der Waals surface area contributed by atoms with E-state index in [0.717, 1.165) is 44.2 Å². The third kappa shape index (κ3) is 6.03. The van der Waals surface area contributed by atoms with Crippen LogP contribution in [0, 0.1) is 11.8 Å². The summed E-state index contributed by atoms with van der Waals surface area (Å²) in [6.45, 7) is 7.00. The van der Waals surface area contributed by atoms with Crippen LogP contribution >= 0.6 is 0 Å². The second-order valence-electron chi connectivity index (χ2n) is 9.15. The van der Waals surface area contributed by atoms with Gasteiger partial charge in [0.2, 0.25) is 5.91 Å². The van der Waals surface area contributed by atoms with Crippen LogP contribution in [0.4, 0.5) is 13.2 Å². The minimum absolute atomic E-state index is 0.0831. The van der Waals surface area contributed by atoms with Crippen molar-refractivity contribution in [1.29, 1.82) is 0 Å². The van der Waals surface area contributed by atoms with E-state index in [0.29, 0.717) is 44.6 Å². The molecule has 1 aromatic rings. The van der Waals surface area contributed by atoms with Gasteiger partial charge < -0.3 is 10.2 Å². The molecule has 32 heavy (non-hydrogen) atoms. The SMILES string of the molecule is CC[C@H](C)CNC(=O)[C@H](C1CCCC1)N1CCN(C(=O)c2ccc(C(F)(F)F)cc2)CC1. The standard InChI is InChI=1S/C24H34F3N3O2/c1-3-17(2)16-28-22(31)21(18-6-4-5-7-18)29-12-14-30(15-13-29)23(32)19-8-10-20(11-9-19)24(25,26)27/h8-11,17-18,21H,3-7,12-16H2,1-2H3,(H,28,31)/t17-,21-/m0/s1. The average Bonchev–Trinajstić information content (AvgIpc) is 3.31. The fourth-order valence-electron chi connectivity index (χ4n) is 4.66. The number of rotatable bonds is 7. The van der Waals surface area contributed by atoms with Crippen molar-refractivity contribution in [2.45, 2.75) is 58.2 Å². The molecule has 0 bridgehead atoms. The zero-order valence-electron chi connectivity index (χ0n) is 19.0. The van der Waals surface area contributed by atoms with Gasteiger partial charge in [-0.3, -0.25) is 14.5 Å². The molecule has 0 unspecified atom stereocenters. The van der Waals surface area contributed by atoms with E-state index in [9.17, 15) is 22.8 Å². The van der Waals surface area contributed by atoms with E-state index in [1.165, 1.54) is 12.1 Å². The number of hydrogen-bond acceptors (Lipinski definition) is 3. The number of carbonyl (C=O) groups excluding carboxylic acids is 2. The van der Waals surface area contributed by atoms with Crippen LogP contribution in [0.2, 0.25) is 0 Å². The predicted octanol–water partition coefficient (Wildman–Crippen LogP) is 4.18. The third-order valence-electron chi connectivity index (χ3n) is 6.89. The van der Waals surface area contributed by atoms with Crippen molar-refractivity contribution < 1.29 is 22.8 Å². The van der Waals surface area contributed by atoms with E-state index in [4.69, 9.17) is 0 Å². The first-order chi connectivity index (χ1) is 15.2. The van der Waals surface area contributed by atoms with Crippen molar-refractivity contribution >= 4 is 11.8 Å². The number of benzene rings is 1. The maximum Gasteiger partial charge on any atom is 0.416 e. The smallest absolute Gasteiger partial charge is 0.354 e. The number of halogens is 3. The van der Waals surface area contributed by atoms with Crippen molar-refractivity contribution in [2.24, 2.45) is 11.8 Å². The van der Waals surface area contributed by atoms with Gasteiger partial charge in [-0.2, -0.15) is 13.2 Å². The van der Waals surface area contributed by atoms with E-state index in [1.54, 1.807) is 4.90 Å². The van der Waals surface area contributed by atoms with Crippen LogP contribution in [0.5, 0.6) is 0 Å². The zero-order chi connectivity index (χ0) is 23.3. The Balaban J connectivity index is 1.61. The first kappa shape index (κ1) is 24.6. The normalized spacial score (nSPS) is 20.2. The first-order valence-electron chi connectivity index (χ1n) is 11.7. The number of alkyl halides is 3. The Morgan fingerprint density at radius 3 is 2.19 bits per heavy atom. The van der Waals surface area contributed by atoms with E-state index in [-0.39, 0.29) is 23.4 Å². The van der Waals surface area contributed by atoms with E-state index in [1.807, 2.05) is 0 Å². The van der Waals surface area contributed by atoms with Crippen LogP contribution in [0.15, 0.2) is 24.3 Å². The fourth-order valence-corrected chi connectivity index (χ4v) is 4.66. The molecule has 1 heterocycles. The van der Waals surface area contributed by atoms with Gasteiger partial charge in [-0.05, 0) is 48.9 Å². The molecule has 2 fully saturated rings. The highest BCUT2D eigenvalue weighted by atomic mass is 19.4. The molecule has 1 aliphatic carbocycles. The Labute approximate surface area is 188 Å². The Kier molecular flexibility index (Phi) is 8.20. The monoisotopic (exact) mass is 453 g/mol. The van der Waals surface area contributed by atoms with Gasteiger partial charge in [-0.1, -0.05) is 33.1 Å². The number of hydrogen-bond donors (Lipinski definition) is 1. The fraction of sp³-hybridized carbons (Fsp3) is 0.667. The van der Waals surface area contributed by atoms with Crippen LogP contribution in [-0.2, 0) is 11.0 Å². The summed E-state index contributed by atoms with van der Waals surface area (Å²) in [5, 5.41) is 3.13. The second kappa shape index (κ2) is 10.7. The Morgan fingerprint density at radius 2 is 1.66 bits per heavy atom. The maximum atomic E-state index is 13.1. The van der Waals surface area contributed by atoms with Crippen LogP contribution in [0.3, 0.4) is 0 Å². The van der Waals surface area contributed by atoms with Crippen LogP contribution < -0.4 is 5.32 Å². The van der Waals surface area contributed by atoms with Crippen LogP contribution in [-0.4, -0.2) is 60.4 Å². The highest BCUT2D eigenvalue weighted by Gasteiger charge is 2.37. The average molecular weight is 454 g/mol. The lowest BCUT2D eigenvalue weighted by Gasteiger charge is -2.41. The number of nitrogens with zero attached hydrogens (tertiary/aromatic N) is 2. The molecule has 2 aliphatic rings. The largest absolute Gasteiger partial charge is 0.416 e. The van der Waals surface area contributed by atoms with Crippen molar-refractivity contribution in [1.82, 2.24) is 15.1 Å².